The Balaban J connectivity index is 2.31. The van der Waals surface area contributed by atoms with Gasteiger partial charge < -0.3 is 9.84 Å². The van der Waals surface area contributed by atoms with E-state index in [-0.39, 0.29) is 11.2 Å². The van der Waals surface area contributed by atoms with Crippen LogP contribution in [-0.4, -0.2) is 5.11 Å². The lowest BCUT2D eigenvalue weighted by molar-refractivity contribution is 0.461. The summed E-state index contributed by atoms with van der Waals surface area (Å²) in [5.74, 6) is 1.83. The van der Waals surface area contributed by atoms with Crippen LogP contribution in [0.15, 0.2) is 42.5 Å². The molecule has 0 aliphatic rings. The van der Waals surface area contributed by atoms with Crippen LogP contribution < -0.4 is 4.74 Å². The number of hydrogen-bond donors (Lipinski definition) is 1. The van der Waals surface area contributed by atoms with Crippen molar-refractivity contribution < 1.29 is 9.84 Å². The third-order valence-electron chi connectivity index (χ3n) is 3.12. The molecule has 0 bridgehead atoms. The molecular weight excluding hydrogens is 236 g/mol. The van der Waals surface area contributed by atoms with E-state index in [0.717, 1.165) is 17.1 Å². The molecule has 0 aliphatic heterocycles. The number of hydrogen-bond acceptors (Lipinski definition) is 2. The van der Waals surface area contributed by atoms with E-state index in [4.69, 9.17) is 4.74 Å². The van der Waals surface area contributed by atoms with Crippen LogP contribution >= 0.6 is 0 Å². The van der Waals surface area contributed by atoms with E-state index in [1.807, 2.05) is 6.92 Å². The molecule has 19 heavy (non-hydrogen) atoms. The molecule has 1 N–H and O–H groups in total. The Labute approximate surface area is 114 Å². The monoisotopic (exact) mass is 256 g/mol. The highest BCUT2D eigenvalue weighted by Crippen LogP contribution is 2.31. The summed E-state index contributed by atoms with van der Waals surface area (Å²) in [7, 11) is 0. The van der Waals surface area contributed by atoms with Crippen molar-refractivity contribution in [1.29, 1.82) is 0 Å². The summed E-state index contributed by atoms with van der Waals surface area (Å²) < 4.78 is 5.89. The van der Waals surface area contributed by atoms with Gasteiger partial charge in [0.2, 0.25) is 0 Å². The van der Waals surface area contributed by atoms with Gasteiger partial charge in [-0.3, -0.25) is 0 Å². The third kappa shape index (κ3) is 3.28. The third-order valence-corrected chi connectivity index (χ3v) is 3.12. The van der Waals surface area contributed by atoms with Gasteiger partial charge in [-0.15, -0.1) is 0 Å². The molecule has 0 fully saturated rings. The molecule has 0 unspecified atom stereocenters. The summed E-state index contributed by atoms with van der Waals surface area (Å²) >= 11 is 0. The number of phenols is 1. The Hall–Kier alpha value is -1.96. The molecular formula is C17H20O2. The Morgan fingerprint density at radius 3 is 2.16 bits per heavy atom. The van der Waals surface area contributed by atoms with Crippen molar-refractivity contribution in [3.8, 4) is 17.2 Å². The molecule has 0 saturated heterocycles. The van der Waals surface area contributed by atoms with E-state index in [9.17, 15) is 5.11 Å². The molecule has 0 atom stereocenters. The minimum absolute atomic E-state index is 0.0980. The van der Waals surface area contributed by atoms with Crippen molar-refractivity contribution >= 4 is 0 Å². The quantitative estimate of drug-likeness (QED) is 0.837. The number of aryl methyl sites for hydroxylation is 1. The van der Waals surface area contributed by atoms with Crippen molar-refractivity contribution in [2.75, 3.05) is 0 Å². The summed E-state index contributed by atoms with van der Waals surface area (Å²) in [6.07, 6.45) is 0. The van der Waals surface area contributed by atoms with Crippen molar-refractivity contribution in [2.24, 2.45) is 0 Å². The summed E-state index contributed by atoms with van der Waals surface area (Å²) in [5, 5.41) is 9.27. The molecule has 100 valence electrons. The maximum atomic E-state index is 9.27. The van der Waals surface area contributed by atoms with Crippen LogP contribution in [0.1, 0.15) is 31.9 Å². The predicted octanol–water partition coefficient (Wildman–Crippen LogP) is 4.79. The molecule has 2 nitrogen and oxygen atoms in total. The average molecular weight is 256 g/mol. The minimum atomic E-state index is 0.0980. The Morgan fingerprint density at radius 1 is 0.947 bits per heavy atom. The van der Waals surface area contributed by atoms with Crippen molar-refractivity contribution in [3.63, 3.8) is 0 Å². The molecule has 2 aromatic carbocycles. The number of ether oxygens (including phenoxy) is 1. The Morgan fingerprint density at radius 2 is 1.58 bits per heavy atom. The van der Waals surface area contributed by atoms with Crippen LogP contribution in [-0.2, 0) is 5.41 Å². The van der Waals surface area contributed by atoms with Gasteiger partial charge in [-0.05, 0) is 53.8 Å². The predicted molar refractivity (Wildman–Crippen MR) is 78.1 cm³/mol. The first-order valence-electron chi connectivity index (χ1n) is 6.44. The minimum Gasteiger partial charge on any atom is -0.508 e. The summed E-state index contributed by atoms with van der Waals surface area (Å²) in [6.45, 7) is 8.58. The highest BCUT2D eigenvalue weighted by molar-refractivity contribution is 5.42. The van der Waals surface area contributed by atoms with E-state index in [1.165, 1.54) is 5.56 Å². The molecule has 2 rings (SSSR count). The van der Waals surface area contributed by atoms with E-state index in [2.05, 4.69) is 39.0 Å². The summed E-state index contributed by atoms with van der Waals surface area (Å²) in [4.78, 5) is 0. The van der Waals surface area contributed by atoms with Crippen molar-refractivity contribution in [1.82, 2.24) is 0 Å². The van der Waals surface area contributed by atoms with Crippen LogP contribution in [0.3, 0.4) is 0 Å². The fourth-order valence-corrected chi connectivity index (χ4v) is 1.82. The Kier molecular flexibility index (Phi) is 3.52. The second kappa shape index (κ2) is 4.96. The first kappa shape index (κ1) is 13.5. The highest BCUT2D eigenvalue weighted by Gasteiger charge is 2.15. The van der Waals surface area contributed by atoms with E-state index in [1.54, 1.807) is 24.3 Å². The van der Waals surface area contributed by atoms with Crippen LogP contribution in [0.25, 0.3) is 0 Å². The number of rotatable bonds is 2. The fraction of sp³-hybridized carbons (Fsp3) is 0.294. The van der Waals surface area contributed by atoms with Gasteiger partial charge in [-0.2, -0.15) is 0 Å². The number of aromatic hydroxyl groups is 1. The van der Waals surface area contributed by atoms with E-state index >= 15 is 0 Å². The maximum Gasteiger partial charge on any atom is 0.130 e. The maximum absolute atomic E-state index is 9.27. The second-order valence-electron chi connectivity index (χ2n) is 5.83. The fourth-order valence-electron chi connectivity index (χ4n) is 1.82. The van der Waals surface area contributed by atoms with Gasteiger partial charge in [-0.1, -0.05) is 32.9 Å². The lowest BCUT2D eigenvalue weighted by Gasteiger charge is -2.20. The lowest BCUT2D eigenvalue weighted by Crippen LogP contribution is -2.11. The van der Waals surface area contributed by atoms with Gasteiger partial charge in [-0.25, -0.2) is 0 Å². The Bertz CT molecular complexity index is 563. The molecule has 0 heterocycles. The summed E-state index contributed by atoms with van der Waals surface area (Å²) in [5.41, 5.74) is 2.44. The largest absolute Gasteiger partial charge is 0.508 e. The molecule has 2 aromatic rings. The SMILES string of the molecule is Cc1ccc(C(C)(C)C)cc1Oc1ccc(O)cc1. The van der Waals surface area contributed by atoms with E-state index < -0.39 is 0 Å². The van der Waals surface area contributed by atoms with E-state index in [0.29, 0.717) is 0 Å². The average Bonchev–Trinajstić information content (AvgIpc) is 2.33. The number of benzene rings is 2. The zero-order valence-electron chi connectivity index (χ0n) is 11.9. The van der Waals surface area contributed by atoms with Gasteiger partial charge in [0.05, 0.1) is 0 Å². The lowest BCUT2D eigenvalue weighted by atomic mass is 9.86. The molecule has 0 aromatic heterocycles. The van der Waals surface area contributed by atoms with Gasteiger partial charge in [0.25, 0.3) is 0 Å². The van der Waals surface area contributed by atoms with Crippen LogP contribution in [0.4, 0.5) is 0 Å². The van der Waals surface area contributed by atoms with Gasteiger partial charge >= 0.3 is 0 Å². The normalized spacial score (nSPS) is 11.4. The van der Waals surface area contributed by atoms with Crippen molar-refractivity contribution in [3.05, 3.63) is 53.6 Å². The topological polar surface area (TPSA) is 29.5 Å². The van der Waals surface area contributed by atoms with Gasteiger partial charge in [0, 0.05) is 0 Å². The first-order valence-corrected chi connectivity index (χ1v) is 6.44. The van der Waals surface area contributed by atoms with Crippen LogP contribution in [0.5, 0.6) is 17.2 Å². The molecule has 2 heteroatoms. The highest BCUT2D eigenvalue weighted by atomic mass is 16.5. The molecule has 0 spiro atoms. The van der Waals surface area contributed by atoms with Gasteiger partial charge in [0.1, 0.15) is 17.2 Å². The van der Waals surface area contributed by atoms with Gasteiger partial charge in [0.15, 0.2) is 0 Å². The molecule has 0 aliphatic carbocycles. The van der Waals surface area contributed by atoms with Crippen molar-refractivity contribution in [2.45, 2.75) is 33.1 Å². The molecule has 0 amide bonds. The smallest absolute Gasteiger partial charge is 0.130 e. The molecule has 0 saturated carbocycles. The van der Waals surface area contributed by atoms with Crippen LogP contribution in [0, 0.1) is 6.92 Å². The standard InChI is InChI=1S/C17H20O2/c1-12-5-6-13(17(2,3)4)11-16(12)19-15-9-7-14(18)8-10-15/h5-11,18H,1-4H3. The second-order valence-corrected chi connectivity index (χ2v) is 5.83. The zero-order chi connectivity index (χ0) is 14.0. The summed E-state index contributed by atoms with van der Waals surface area (Å²) in [6, 6.07) is 13.1. The zero-order valence-corrected chi connectivity index (χ0v) is 11.9. The number of phenolic OH excluding ortho intramolecular Hbond substituents is 1. The molecule has 0 radical (unpaired) electrons. The first-order chi connectivity index (χ1) is 8.86. The van der Waals surface area contributed by atoms with Crippen LogP contribution in [0.2, 0.25) is 0 Å².